The van der Waals surface area contributed by atoms with Gasteiger partial charge in [0, 0.05) is 22.2 Å². The van der Waals surface area contributed by atoms with Gasteiger partial charge in [0.05, 0.1) is 0 Å². The van der Waals surface area contributed by atoms with Gasteiger partial charge in [-0.15, -0.1) is 0 Å². The Bertz CT molecular complexity index is 516. The van der Waals surface area contributed by atoms with E-state index in [4.69, 9.17) is 11.6 Å². The van der Waals surface area contributed by atoms with Gasteiger partial charge in [-0.1, -0.05) is 37.6 Å². The molecule has 0 amide bonds. The lowest BCUT2D eigenvalue weighted by Crippen LogP contribution is -1.90. The van der Waals surface area contributed by atoms with Gasteiger partial charge in [0.1, 0.15) is 11.6 Å². The fourth-order valence-electron chi connectivity index (χ4n) is 1.67. The summed E-state index contributed by atoms with van der Waals surface area (Å²) in [5.41, 5.74) is 1.80. The van der Waals surface area contributed by atoms with Gasteiger partial charge < -0.3 is 0 Å². The van der Waals surface area contributed by atoms with Crippen molar-refractivity contribution >= 4 is 11.6 Å². The predicted octanol–water partition coefficient (Wildman–Crippen LogP) is 5.62. The van der Waals surface area contributed by atoms with Crippen LogP contribution in [-0.2, 0) is 0 Å². The van der Waals surface area contributed by atoms with Crippen molar-refractivity contribution in [2.24, 2.45) is 0 Å². The molecule has 0 saturated carbocycles. The highest BCUT2D eigenvalue weighted by molar-refractivity contribution is 6.33. The van der Waals surface area contributed by atoms with Gasteiger partial charge in [-0.3, -0.25) is 0 Å². The fourth-order valence-corrected chi connectivity index (χ4v) is 1.99. The Labute approximate surface area is 111 Å². The highest BCUT2D eigenvalue weighted by Gasteiger charge is 2.11. The number of hydrogen-bond acceptors (Lipinski definition) is 0. The number of rotatable bonds is 1. The molecule has 0 spiro atoms. The molecule has 0 saturated heterocycles. The summed E-state index contributed by atoms with van der Waals surface area (Å²) in [5, 5.41) is 0.463. The first-order valence-corrected chi connectivity index (χ1v) is 6.18. The van der Waals surface area contributed by atoms with Crippen molar-refractivity contribution in [2.75, 3.05) is 0 Å². The molecule has 0 radical (unpaired) electrons. The molecule has 0 aliphatic carbocycles. The molecule has 0 nitrogen and oxygen atoms in total. The second kappa shape index (κ2) is 6.50. The summed E-state index contributed by atoms with van der Waals surface area (Å²) < 4.78 is 26.4. The van der Waals surface area contributed by atoms with Gasteiger partial charge in [-0.2, -0.15) is 0 Å². The second-order valence-electron chi connectivity index (χ2n) is 3.56. The van der Waals surface area contributed by atoms with Gasteiger partial charge in [0.25, 0.3) is 0 Å². The zero-order chi connectivity index (χ0) is 13.7. The standard InChI is InChI=1S/C13H9ClF2.C2H6/c1-8-3-2-4-11(14)13(8)10-6-5-9(15)7-12(10)16;1-2/h2-7H,1H3;1-2H3. The Kier molecular flexibility index (Phi) is 5.29. The van der Waals surface area contributed by atoms with E-state index in [1.807, 2.05) is 26.8 Å². The fraction of sp³-hybridized carbons (Fsp3) is 0.200. The lowest BCUT2D eigenvalue weighted by molar-refractivity contribution is 0.585. The summed E-state index contributed by atoms with van der Waals surface area (Å²) in [7, 11) is 0. The minimum Gasteiger partial charge on any atom is -0.207 e. The number of hydrogen-bond donors (Lipinski definition) is 0. The minimum absolute atomic E-state index is 0.324. The zero-order valence-electron chi connectivity index (χ0n) is 10.6. The minimum atomic E-state index is -0.601. The van der Waals surface area contributed by atoms with Crippen molar-refractivity contribution in [3.63, 3.8) is 0 Å². The van der Waals surface area contributed by atoms with Crippen LogP contribution in [0.1, 0.15) is 19.4 Å². The molecule has 2 aromatic carbocycles. The second-order valence-corrected chi connectivity index (χ2v) is 3.96. The molecule has 2 aromatic rings. The number of aryl methyl sites for hydroxylation is 1. The lowest BCUT2D eigenvalue weighted by Gasteiger charge is -2.09. The van der Waals surface area contributed by atoms with Crippen LogP contribution in [-0.4, -0.2) is 0 Å². The molecule has 0 aliphatic rings. The summed E-state index contributed by atoms with van der Waals surface area (Å²) in [5.74, 6) is -1.19. The third-order valence-electron chi connectivity index (χ3n) is 2.42. The maximum atomic E-state index is 13.6. The molecule has 0 aliphatic heterocycles. The largest absolute Gasteiger partial charge is 0.207 e. The van der Waals surface area contributed by atoms with Crippen LogP contribution < -0.4 is 0 Å². The molecule has 0 fully saturated rings. The Morgan fingerprint density at radius 2 is 1.67 bits per heavy atom. The summed E-state index contributed by atoms with van der Waals surface area (Å²) in [6.45, 7) is 5.84. The SMILES string of the molecule is CC.Cc1cccc(Cl)c1-c1ccc(F)cc1F. The van der Waals surface area contributed by atoms with Crippen LogP contribution >= 0.6 is 11.6 Å². The Hall–Kier alpha value is -1.41. The smallest absolute Gasteiger partial charge is 0.134 e. The predicted molar refractivity (Wildman–Crippen MR) is 72.9 cm³/mol. The molecular weight excluding hydrogens is 254 g/mol. The first-order chi connectivity index (χ1) is 8.59. The highest BCUT2D eigenvalue weighted by atomic mass is 35.5. The molecule has 2 rings (SSSR count). The van der Waals surface area contributed by atoms with Crippen LogP contribution in [0.5, 0.6) is 0 Å². The summed E-state index contributed by atoms with van der Waals surface area (Å²) in [6.07, 6.45) is 0. The average Bonchev–Trinajstić information content (AvgIpc) is 2.34. The third-order valence-corrected chi connectivity index (χ3v) is 2.74. The Morgan fingerprint density at radius 3 is 2.22 bits per heavy atom. The van der Waals surface area contributed by atoms with Gasteiger partial charge >= 0.3 is 0 Å². The third kappa shape index (κ3) is 3.08. The summed E-state index contributed by atoms with van der Waals surface area (Å²) >= 11 is 6.02. The van der Waals surface area contributed by atoms with Gasteiger partial charge in [-0.25, -0.2) is 8.78 Å². The Balaban J connectivity index is 0.000000771. The van der Waals surface area contributed by atoms with Gasteiger partial charge in [0.2, 0.25) is 0 Å². The molecule has 0 atom stereocenters. The van der Waals surface area contributed by atoms with Crippen LogP contribution in [0.4, 0.5) is 8.78 Å². The van der Waals surface area contributed by atoms with Crippen LogP contribution in [0.25, 0.3) is 11.1 Å². The van der Waals surface area contributed by atoms with Crippen molar-refractivity contribution in [3.05, 3.63) is 58.6 Å². The molecular formula is C15H15ClF2. The average molecular weight is 269 g/mol. The molecule has 0 N–H and O–H groups in total. The normalized spacial score (nSPS) is 9.67. The molecule has 18 heavy (non-hydrogen) atoms. The molecule has 0 aromatic heterocycles. The first-order valence-electron chi connectivity index (χ1n) is 5.80. The van der Waals surface area contributed by atoms with E-state index in [1.165, 1.54) is 12.1 Å². The van der Waals surface area contributed by atoms with Gasteiger partial charge in [0.15, 0.2) is 0 Å². The van der Waals surface area contributed by atoms with E-state index in [9.17, 15) is 8.78 Å². The van der Waals surface area contributed by atoms with Gasteiger partial charge in [-0.05, 0) is 30.7 Å². The van der Waals surface area contributed by atoms with E-state index < -0.39 is 11.6 Å². The molecule has 0 unspecified atom stereocenters. The van der Waals surface area contributed by atoms with Crippen molar-refractivity contribution in [2.45, 2.75) is 20.8 Å². The van der Waals surface area contributed by atoms with E-state index in [0.29, 0.717) is 16.1 Å². The monoisotopic (exact) mass is 268 g/mol. The van der Waals surface area contributed by atoms with E-state index in [0.717, 1.165) is 11.6 Å². The molecule has 96 valence electrons. The first kappa shape index (κ1) is 14.7. The number of benzene rings is 2. The quantitative estimate of drug-likeness (QED) is 0.630. The van der Waals surface area contributed by atoms with E-state index in [-0.39, 0.29) is 0 Å². The van der Waals surface area contributed by atoms with E-state index >= 15 is 0 Å². The lowest BCUT2D eigenvalue weighted by atomic mass is 10.00. The zero-order valence-corrected chi connectivity index (χ0v) is 11.4. The number of halogens is 3. The summed E-state index contributed by atoms with van der Waals surface area (Å²) in [6, 6.07) is 8.80. The molecule has 0 bridgehead atoms. The maximum absolute atomic E-state index is 13.6. The highest BCUT2D eigenvalue weighted by Crippen LogP contribution is 2.32. The summed E-state index contributed by atoms with van der Waals surface area (Å²) in [4.78, 5) is 0. The van der Waals surface area contributed by atoms with Crippen LogP contribution in [0.15, 0.2) is 36.4 Å². The Morgan fingerprint density at radius 1 is 1.00 bits per heavy atom. The van der Waals surface area contributed by atoms with Crippen molar-refractivity contribution < 1.29 is 8.78 Å². The topological polar surface area (TPSA) is 0 Å². The van der Waals surface area contributed by atoms with Crippen LogP contribution in [0, 0.1) is 18.6 Å². The van der Waals surface area contributed by atoms with E-state index in [1.54, 1.807) is 12.1 Å². The van der Waals surface area contributed by atoms with Crippen molar-refractivity contribution in [3.8, 4) is 11.1 Å². The van der Waals surface area contributed by atoms with E-state index in [2.05, 4.69) is 0 Å². The molecule has 3 heteroatoms. The van der Waals surface area contributed by atoms with Crippen LogP contribution in [0.3, 0.4) is 0 Å². The van der Waals surface area contributed by atoms with Crippen molar-refractivity contribution in [1.82, 2.24) is 0 Å². The van der Waals surface area contributed by atoms with Crippen LogP contribution in [0.2, 0.25) is 5.02 Å². The van der Waals surface area contributed by atoms with Crippen molar-refractivity contribution in [1.29, 1.82) is 0 Å². The maximum Gasteiger partial charge on any atom is 0.134 e. The molecule has 0 heterocycles.